The highest BCUT2D eigenvalue weighted by Crippen LogP contribution is 2.08. The van der Waals surface area contributed by atoms with Crippen LogP contribution in [0.2, 0.25) is 0 Å². The minimum absolute atomic E-state index is 0.0343. The number of allylic oxidation sites excluding steroid dienone is 1. The number of aliphatic hydroxyl groups excluding tert-OH is 1. The van der Waals surface area contributed by atoms with Crippen LogP contribution in [0.25, 0.3) is 0 Å². The molecular formula is C8H15NO3. The molecule has 0 aromatic rings. The maximum absolute atomic E-state index is 10.2. The Hall–Kier alpha value is -1.03. The monoisotopic (exact) mass is 173 g/mol. The highest BCUT2D eigenvalue weighted by molar-refractivity contribution is 5.64. The molecule has 4 heteroatoms. The summed E-state index contributed by atoms with van der Waals surface area (Å²) in [5.41, 5.74) is 0. The van der Waals surface area contributed by atoms with Gasteiger partial charge in [0.1, 0.15) is 0 Å². The summed E-state index contributed by atoms with van der Waals surface area (Å²) in [7, 11) is 0. The smallest absolute Gasteiger partial charge is 0.404 e. The van der Waals surface area contributed by atoms with E-state index in [9.17, 15) is 4.79 Å². The third kappa shape index (κ3) is 3.98. The second kappa shape index (κ2) is 5.60. The Labute approximate surface area is 71.9 Å². The molecule has 1 amide bonds. The molecule has 0 fully saturated rings. The van der Waals surface area contributed by atoms with Gasteiger partial charge in [-0.15, -0.1) is 6.58 Å². The Morgan fingerprint density at radius 3 is 2.67 bits per heavy atom. The molecule has 0 aliphatic rings. The van der Waals surface area contributed by atoms with Crippen LogP contribution in [0, 0.1) is 5.92 Å². The first-order valence-electron chi connectivity index (χ1n) is 3.83. The molecule has 0 saturated carbocycles. The molecule has 4 nitrogen and oxygen atoms in total. The zero-order valence-corrected chi connectivity index (χ0v) is 7.16. The second-order valence-electron chi connectivity index (χ2n) is 2.71. The first-order chi connectivity index (χ1) is 5.61. The number of nitrogens with one attached hydrogen (secondary N) is 1. The van der Waals surface area contributed by atoms with Crippen LogP contribution in [-0.4, -0.2) is 29.0 Å². The van der Waals surface area contributed by atoms with Gasteiger partial charge in [-0.05, 0) is 13.3 Å². The summed E-state index contributed by atoms with van der Waals surface area (Å²) in [5, 5.41) is 19.5. The van der Waals surface area contributed by atoms with E-state index in [1.807, 2.05) is 0 Å². The van der Waals surface area contributed by atoms with Gasteiger partial charge in [0.25, 0.3) is 0 Å². The minimum Gasteiger partial charge on any atom is -0.465 e. The number of amides is 1. The van der Waals surface area contributed by atoms with Crippen LogP contribution in [0.3, 0.4) is 0 Å². The Kier molecular flexibility index (Phi) is 5.12. The summed E-state index contributed by atoms with van der Waals surface area (Å²) in [6.07, 6.45) is 1.21. The third-order valence-corrected chi connectivity index (χ3v) is 1.76. The average Bonchev–Trinajstić information content (AvgIpc) is 1.98. The van der Waals surface area contributed by atoms with Crippen LogP contribution in [-0.2, 0) is 0 Å². The van der Waals surface area contributed by atoms with E-state index in [2.05, 4.69) is 11.9 Å². The van der Waals surface area contributed by atoms with E-state index in [4.69, 9.17) is 10.2 Å². The Morgan fingerprint density at radius 1 is 1.75 bits per heavy atom. The Bertz CT molecular complexity index is 158. The zero-order chi connectivity index (χ0) is 9.56. The molecule has 2 atom stereocenters. The lowest BCUT2D eigenvalue weighted by molar-refractivity contribution is 0.168. The average molecular weight is 173 g/mol. The number of hydrogen-bond acceptors (Lipinski definition) is 2. The number of aliphatic hydroxyl groups is 1. The van der Waals surface area contributed by atoms with Crippen molar-refractivity contribution in [2.24, 2.45) is 5.92 Å². The summed E-state index contributed by atoms with van der Waals surface area (Å²) in [6.45, 7) is 5.21. The van der Waals surface area contributed by atoms with Crippen LogP contribution in [0.4, 0.5) is 4.79 Å². The molecular weight excluding hydrogens is 158 g/mol. The summed E-state index contributed by atoms with van der Waals surface area (Å²) in [5.74, 6) is -0.0846. The van der Waals surface area contributed by atoms with Crippen molar-refractivity contribution in [2.45, 2.75) is 19.4 Å². The van der Waals surface area contributed by atoms with Crippen molar-refractivity contribution in [3.05, 3.63) is 12.7 Å². The standard InChI is InChI=1S/C8H15NO3/c1-3-4-7(5-10)6(2)9-8(11)12/h3,6-7,9-10H,1,4-5H2,2H3,(H,11,12). The van der Waals surface area contributed by atoms with Crippen LogP contribution < -0.4 is 5.32 Å². The molecule has 0 aromatic carbocycles. The molecule has 12 heavy (non-hydrogen) atoms. The lowest BCUT2D eigenvalue weighted by Crippen LogP contribution is -2.38. The lowest BCUT2D eigenvalue weighted by Gasteiger charge is -2.19. The molecule has 0 aliphatic carbocycles. The van der Waals surface area contributed by atoms with Crippen LogP contribution in [0.5, 0.6) is 0 Å². The van der Waals surface area contributed by atoms with E-state index in [1.165, 1.54) is 0 Å². The largest absolute Gasteiger partial charge is 0.465 e. The molecule has 0 bridgehead atoms. The molecule has 0 radical (unpaired) electrons. The van der Waals surface area contributed by atoms with Crippen molar-refractivity contribution in [3.8, 4) is 0 Å². The maximum Gasteiger partial charge on any atom is 0.404 e. The van der Waals surface area contributed by atoms with Crippen molar-refractivity contribution in [1.82, 2.24) is 5.32 Å². The zero-order valence-electron chi connectivity index (χ0n) is 7.16. The van der Waals surface area contributed by atoms with Crippen LogP contribution >= 0.6 is 0 Å². The van der Waals surface area contributed by atoms with Crippen molar-refractivity contribution in [3.63, 3.8) is 0 Å². The van der Waals surface area contributed by atoms with Gasteiger partial charge in [0.05, 0.1) is 0 Å². The predicted molar refractivity (Wildman–Crippen MR) is 46.0 cm³/mol. The van der Waals surface area contributed by atoms with Gasteiger partial charge in [-0.1, -0.05) is 6.08 Å². The molecule has 70 valence electrons. The molecule has 0 aromatic heterocycles. The minimum atomic E-state index is -1.06. The van der Waals surface area contributed by atoms with Gasteiger partial charge in [-0.25, -0.2) is 4.79 Å². The van der Waals surface area contributed by atoms with Crippen molar-refractivity contribution >= 4 is 6.09 Å². The molecule has 2 unspecified atom stereocenters. The number of hydrogen-bond donors (Lipinski definition) is 3. The van der Waals surface area contributed by atoms with E-state index in [1.54, 1.807) is 13.0 Å². The fraction of sp³-hybridized carbons (Fsp3) is 0.625. The topological polar surface area (TPSA) is 69.6 Å². The van der Waals surface area contributed by atoms with Gasteiger partial charge in [-0.2, -0.15) is 0 Å². The molecule has 0 aliphatic heterocycles. The first-order valence-corrected chi connectivity index (χ1v) is 3.83. The fourth-order valence-corrected chi connectivity index (χ4v) is 0.963. The summed E-state index contributed by atoms with van der Waals surface area (Å²) in [6, 6.07) is -0.245. The molecule has 0 heterocycles. The predicted octanol–water partition coefficient (Wildman–Crippen LogP) is 0.827. The lowest BCUT2D eigenvalue weighted by atomic mass is 9.99. The van der Waals surface area contributed by atoms with Gasteiger partial charge < -0.3 is 15.5 Å². The normalized spacial score (nSPS) is 14.8. The molecule has 0 saturated heterocycles. The summed E-state index contributed by atoms with van der Waals surface area (Å²) < 4.78 is 0. The first kappa shape index (κ1) is 11.0. The third-order valence-electron chi connectivity index (χ3n) is 1.76. The summed E-state index contributed by atoms with van der Waals surface area (Å²) >= 11 is 0. The molecule has 0 rings (SSSR count). The van der Waals surface area contributed by atoms with Crippen LogP contribution in [0.15, 0.2) is 12.7 Å². The molecule has 3 N–H and O–H groups in total. The number of rotatable bonds is 5. The van der Waals surface area contributed by atoms with Gasteiger partial charge in [0.2, 0.25) is 0 Å². The Morgan fingerprint density at radius 2 is 2.33 bits per heavy atom. The highest BCUT2D eigenvalue weighted by Gasteiger charge is 2.16. The second-order valence-corrected chi connectivity index (χ2v) is 2.71. The maximum atomic E-state index is 10.2. The number of carbonyl (C=O) groups is 1. The van der Waals surface area contributed by atoms with Gasteiger partial charge in [-0.3, -0.25) is 0 Å². The SMILES string of the molecule is C=CCC(CO)C(C)NC(=O)O. The van der Waals surface area contributed by atoms with Crippen molar-refractivity contribution in [2.75, 3.05) is 6.61 Å². The fourth-order valence-electron chi connectivity index (χ4n) is 0.963. The van der Waals surface area contributed by atoms with Gasteiger partial charge >= 0.3 is 6.09 Å². The van der Waals surface area contributed by atoms with E-state index in [0.29, 0.717) is 6.42 Å². The van der Waals surface area contributed by atoms with E-state index < -0.39 is 6.09 Å². The van der Waals surface area contributed by atoms with Crippen molar-refractivity contribution in [1.29, 1.82) is 0 Å². The van der Waals surface area contributed by atoms with Crippen LogP contribution in [0.1, 0.15) is 13.3 Å². The molecule has 0 spiro atoms. The number of carboxylic acid groups (broad SMARTS) is 1. The van der Waals surface area contributed by atoms with E-state index >= 15 is 0 Å². The van der Waals surface area contributed by atoms with Gasteiger partial charge in [0.15, 0.2) is 0 Å². The quantitative estimate of drug-likeness (QED) is 0.539. The van der Waals surface area contributed by atoms with E-state index in [-0.39, 0.29) is 18.6 Å². The Balaban J connectivity index is 3.92. The summed E-state index contributed by atoms with van der Waals surface area (Å²) in [4.78, 5) is 10.2. The highest BCUT2D eigenvalue weighted by atomic mass is 16.4. The van der Waals surface area contributed by atoms with E-state index in [0.717, 1.165) is 0 Å². The van der Waals surface area contributed by atoms with Gasteiger partial charge in [0, 0.05) is 18.6 Å². The van der Waals surface area contributed by atoms with Crippen molar-refractivity contribution < 1.29 is 15.0 Å².